The van der Waals surface area contributed by atoms with Crippen molar-refractivity contribution in [3.63, 3.8) is 0 Å². The predicted molar refractivity (Wildman–Crippen MR) is 70.7 cm³/mol. The summed E-state index contributed by atoms with van der Waals surface area (Å²) in [5.74, 6) is -0.526. The number of carbonyl (C=O) groups excluding carboxylic acids is 2. The van der Waals surface area contributed by atoms with Gasteiger partial charge in [-0.15, -0.1) is 0 Å². The number of benzene rings is 1. The maximum absolute atomic E-state index is 11.5. The van der Waals surface area contributed by atoms with Crippen LogP contribution in [-0.4, -0.2) is 25.3 Å². The number of esters is 1. The SMILES string of the molecule is COC(=O)c1ccc(Br)cc1NC(=O)OC(C)C. The highest BCUT2D eigenvalue weighted by atomic mass is 79.9. The standard InChI is InChI=1S/C12H14BrNO4/c1-7(2)18-12(16)14-10-6-8(13)4-5-9(10)11(15)17-3/h4-7H,1-3H3,(H,14,16). The zero-order valence-electron chi connectivity index (χ0n) is 10.3. The van der Waals surface area contributed by atoms with Crippen LogP contribution in [0.3, 0.4) is 0 Å². The van der Waals surface area contributed by atoms with Crippen LogP contribution in [0.4, 0.5) is 10.5 Å². The van der Waals surface area contributed by atoms with Gasteiger partial charge in [0.1, 0.15) is 0 Å². The van der Waals surface area contributed by atoms with E-state index in [1.165, 1.54) is 7.11 Å². The fraction of sp³-hybridized carbons (Fsp3) is 0.333. The van der Waals surface area contributed by atoms with E-state index in [0.29, 0.717) is 5.69 Å². The summed E-state index contributed by atoms with van der Waals surface area (Å²) in [6.07, 6.45) is -0.855. The highest BCUT2D eigenvalue weighted by Gasteiger charge is 2.15. The van der Waals surface area contributed by atoms with Crippen molar-refractivity contribution in [2.75, 3.05) is 12.4 Å². The summed E-state index contributed by atoms with van der Waals surface area (Å²) >= 11 is 3.26. The second kappa shape index (κ2) is 6.39. The van der Waals surface area contributed by atoms with Gasteiger partial charge in [-0.05, 0) is 32.0 Å². The van der Waals surface area contributed by atoms with Crippen molar-refractivity contribution in [3.05, 3.63) is 28.2 Å². The minimum Gasteiger partial charge on any atom is -0.465 e. The smallest absolute Gasteiger partial charge is 0.411 e. The number of amides is 1. The fourth-order valence-corrected chi connectivity index (χ4v) is 1.62. The molecule has 0 unspecified atom stereocenters. The van der Waals surface area contributed by atoms with Crippen LogP contribution in [0.2, 0.25) is 0 Å². The van der Waals surface area contributed by atoms with E-state index in [2.05, 4.69) is 26.0 Å². The van der Waals surface area contributed by atoms with Crippen LogP contribution in [0.5, 0.6) is 0 Å². The largest absolute Gasteiger partial charge is 0.465 e. The molecule has 0 aliphatic heterocycles. The molecule has 0 atom stereocenters. The second-order valence-electron chi connectivity index (χ2n) is 3.76. The number of hydrogen-bond donors (Lipinski definition) is 1. The molecular weight excluding hydrogens is 302 g/mol. The molecule has 98 valence electrons. The third kappa shape index (κ3) is 4.03. The molecule has 1 N–H and O–H groups in total. The van der Waals surface area contributed by atoms with Crippen molar-refractivity contribution in [3.8, 4) is 0 Å². The highest BCUT2D eigenvalue weighted by Crippen LogP contribution is 2.22. The Labute approximate surface area is 114 Å². The minimum atomic E-state index is -0.617. The zero-order valence-corrected chi connectivity index (χ0v) is 11.9. The van der Waals surface area contributed by atoms with Crippen LogP contribution in [-0.2, 0) is 9.47 Å². The topological polar surface area (TPSA) is 64.6 Å². The van der Waals surface area contributed by atoms with Gasteiger partial charge in [0.25, 0.3) is 0 Å². The Hall–Kier alpha value is -1.56. The Morgan fingerprint density at radius 2 is 2.00 bits per heavy atom. The summed E-state index contributed by atoms with van der Waals surface area (Å²) in [5.41, 5.74) is 0.600. The van der Waals surface area contributed by atoms with Gasteiger partial charge in [-0.1, -0.05) is 15.9 Å². The molecule has 0 aliphatic rings. The zero-order chi connectivity index (χ0) is 13.7. The maximum Gasteiger partial charge on any atom is 0.411 e. The normalized spacial score (nSPS) is 10.1. The van der Waals surface area contributed by atoms with Crippen molar-refractivity contribution in [1.29, 1.82) is 0 Å². The van der Waals surface area contributed by atoms with Gasteiger partial charge in [0, 0.05) is 4.47 Å². The summed E-state index contributed by atoms with van der Waals surface area (Å²) in [6, 6.07) is 4.85. The summed E-state index contributed by atoms with van der Waals surface area (Å²) in [4.78, 5) is 23.0. The van der Waals surface area contributed by atoms with Crippen LogP contribution >= 0.6 is 15.9 Å². The van der Waals surface area contributed by atoms with Crippen molar-refractivity contribution >= 4 is 33.7 Å². The molecule has 0 fully saturated rings. The van der Waals surface area contributed by atoms with Gasteiger partial charge in [-0.25, -0.2) is 9.59 Å². The quantitative estimate of drug-likeness (QED) is 0.870. The van der Waals surface area contributed by atoms with Crippen LogP contribution in [0.25, 0.3) is 0 Å². The van der Waals surface area contributed by atoms with Gasteiger partial charge in [-0.2, -0.15) is 0 Å². The molecule has 0 spiro atoms. The van der Waals surface area contributed by atoms with E-state index in [9.17, 15) is 9.59 Å². The lowest BCUT2D eigenvalue weighted by molar-refractivity contribution is 0.0602. The van der Waals surface area contributed by atoms with E-state index >= 15 is 0 Å². The molecule has 0 aliphatic carbocycles. The summed E-state index contributed by atoms with van der Waals surface area (Å²) in [6.45, 7) is 3.48. The average Bonchev–Trinajstić information content (AvgIpc) is 2.27. The molecule has 18 heavy (non-hydrogen) atoms. The molecule has 0 radical (unpaired) electrons. The van der Waals surface area contributed by atoms with Gasteiger partial charge in [0.2, 0.25) is 0 Å². The lowest BCUT2D eigenvalue weighted by atomic mass is 10.2. The van der Waals surface area contributed by atoms with E-state index in [4.69, 9.17) is 4.74 Å². The number of rotatable bonds is 3. The van der Waals surface area contributed by atoms with Gasteiger partial charge >= 0.3 is 12.1 Å². The molecule has 1 rings (SSSR count). The summed E-state index contributed by atoms with van der Waals surface area (Å²) < 4.78 is 10.3. The monoisotopic (exact) mass is 315 g/mol. The Morgan fingerprint density at radius 3 is 2.56 bits per heavy atom. The van der Waals surface area contributed by atoms with Gasteiger partial charge in [0.15, 0.2) is 0 Å². The number of ether oxygens (including phenoxy) is 2. The molecule has 5 nitrogen and oxygen atoms in total. The van der Waals surface area contributed by atoms with Gasteiger partial charge < -0.3 is 9.47 Å². The van der Waals surface area contributed by atoms with Crippen molar-refractivity contribution in [2.24, 2.45) is 0 Å². The number of anilines is 1. The molecule has 0 saturated heterocycles. The fourth-order valence-electron chi connectivity index (χ4n) is 1.26. The van der Waals surface area contributed by atoms with Crippen molar-refractivity contribution < 1.29 is 19.1 Å². The third-order valence-electron chi connectivity index (χ3n) is 1.97. The molecule has 1 aromatic rings. The number of nitrogens with one attached hydrogen (secondary N) is 1. The number of hydrogen-bond acceptors (Lipinski definition) is 4. The molecular formula is C12H14BrNO4. The van der Waals surface area contributed by atoms with E-state index in [1.54, 1.807) is 32.0 Å². The van der Waals surface area contributed by atoms with Crippen LogP contribution in [0.1, 0.15) is 24.2 Å². The first-order valence-corrected chi connectivity index (χ1v) is 6.09. The molecule has 6 heteroatoms. The molecule has 0 heterocycles. The Bertz CT molecular complexity index is 459. The second-order valence-corrected chi connectivity index (χ2v) is 4.68. The Balaban J connectivity index is 2.95. The first kappa shape index (κ1) is 14.5. The first-order valence-electron chi connectivity index (χ1n) is 5.29. The molecule has 0 bridgehead atoms. The van der Waals surface area contributed by atoms with E-state index in [0.717, 1.165) is 4.47 Å². The first-order chi connectivity index (χ1) is 8.43. The number of carbonyl (C=O) groups is 2. The lowest BCUT2D eigenvalue weighted by Gasteiger charge is -2.12. The van der Waals surface area contributed by atoms with Crippen LogP contribution in [0, 0.1) is 0 Å². The van der Waals surface area contributed by atoms with Crippen molar-refractivity contribution in [1.82, 2.24) is 0 Å². The van der Waals surface area contributed by atoms with Gasteiger partial charge in [-0.3, -0.25) is 5.32 Å². The van der Waals surface area contributed by atoms with E-state index in [1.807, 2.05) is 0 Å². The lowest BCUT2D eigenvalue weighted by Crippen LogP contribution is -2.19. The number of methoxy groups -OCH3 is 1. The summed E-state index contributed by atoms with van der Waals surface area (Å²) in [7, 11) is 1.28. The van der Waals surface area contributed by atoms with E-state index in [-0.39, 0.29) is 11.7 Å². The molecule has 1 amide bonds. The minimum absolute atomic E-state index is 0.237. The molecule has 1 aromatic carbocycles. The Morgan fingerprint density at radius 1 is 1.33 bits per heavy atom. The summed E-state index contributed by atoms with van der Waals surface area (Å²) in [5, 5.41) is 2.51. The molecule has 0 saturated carbocycles. The van der Waals surface area contributed by atoms with Crippen LogP contribution < -0.4 is 5.32 Å². The van der Waals surface area contributed by atoms with Gasteiger partial charge in [0.05, 0.1) is 24.5 Å². The third-order valence-corrected chi connectivity index (χ3v) is 2.46. The van der Waals surface area contributed by atoms with Crippen molar-refractivity contribution in [2.45, 2.75) is 20.0 Å². The predicted octanol–water partition coefficient (Wildman–Crippen LogP) is 3.19. The highest BCUT2D eigenvalue weighted by molar-refractivity contribution is 9.10. The average molecular weight is 316 g/mol. The van der Waals surface area contributed by atoms with Crippen LogP contribution in [0.15, 0.2) is 22.7 Å². The Kier molecular flexibility index (Phi) is 5.15. The molecule has 0 aromatic heterocycles. The number of halogens is 1. The maximum atomic E-state index is 11.5. The van der Waals surface area contributed by atoms with E-state index < -0.39 is 12.1 Å².